The molecule has 1 fully saturated rings. The molecule has 2 atom stereocenters. The molecule has 1 aliphatic heterocycles. The zero-order chi connectivity index (χ0) is 8.97. The fraction of sp³-hybridized carbons (Fsp3) is 0.625. The first-order valence-corrected chi connectivity index (χ1v) is 3.83. The number of ether oxygens (including phenoxy) is 2. The van der Waals surface area contributed by atoms with Gasteiger partial charge in [-0.15, -0.1) is 0 Å². The number of aliphatic hydroxyl groups excluding tert-OH is 1. The second kappa shape index (κ2) is 4.23. The minimum absolute atomic E-state index is 0.0268. The highest BCUT2D eigenvalue weighted by Gasteiger charge is 2.38. The van der Waals surface area contributed by atoms with E-state index >= 15 is 0 Å². The molecule has 4 nitrogen and oxygen atoms in total. The highest BCUT2D eigenvalue weighted by atomic mass is 16.6. The molecule has 0 amide bonds. The predicted molar refractivity (Wildman–Crippen MR) is 41.5 cm³/mol. The lowest BCUT2D eigenvalue weighted by atomic mass is 10.2. The van der Waals surface area contributed by atoms with Gasteiger partial charge in [0.2, 0.25) is 0 Å². The fourth-order valence-electron chi connectivity index (χ4n) is 0.930. The Morgan fingerprint density at radius 3 is 3.00 bits per heavy atom. The summed E-state index contributed by atoms with van der Waals surface area (Å²) in [4.78, 5) is 10.6. The minimum atomic E-state index is -0.437. The van der Waals surface area contributed by atoms with Crippen LogP contribution in [0.4, 0.5) is 0 Å². The topological polar surface area (TPSA) is 59.1 Å². The SMILES string of the molecule is C=CC(=O)OCC1OC1CCO. The summed E-state index contributed by atoms with van der Waals surface area (Å²) in [5, 5.41) is 8.51. The van der Waals surface area contributed by atoms with Gasteiger partial charge in [0.05, 0.1) is 6.10 Å². The molecule has 2 unspecified atom stereocenters. The molecule has 1 saturated heterocycles. The summed E-state index contributed by atoms with van der Waals surface area (Å²) in [5.74, 6) is -0.437. The zero-order valence-corrected chi connectivity index (χ0v) is 6.73. The number of epoxide rings is 1. The number of hydrogen-bond acceptors (Lipinski definition) is 4. The van der Waals surface area contributed by atoms with Gasteiger partial charge in [-0.2, -0.15) is 0 Å². The van der Waals surface area contributed by atoms with Crippen molar-refractivity contribution >= 4 is 5.97 Å². The zero-order valence-electron chi connectivity index (χ0n) is 6.73. The minimum Gasteiger partial charge on any atom is -0.460 e. The molecular weight excluding hydrogens is 160 g/mol. The molecule has 0 aromatic carbocycles. The van der Waals surface area contributed by atoms with Gasteiger partial charge < -0.3 is 14.6 Å². The summed E-state index contributed by atoms with van der Waals surface area (Å²) in [6.45, 7) is 3.63. The summed E-state index contributed by atoms with van der Waals surface area (Å²) >= 11 is 0. The van der Waals surface area contributed by atoms with Gasteiger partial charge in [-0.1, -0.05) is 6.58 Å². The second-order valence-electron chi connectivity index (χ2n) is 2.56. The van der Waals surface area contributed by atoms with E-state index in [0.717, 1.165) is 6.08 Å². The van der Waals surface area contributed by atoms with Crippen LogP contribution >= 0.6 is 0 Å². The van der Waals surface area contributed by atoms with E-state index < -0.39 is 5.97 Å². The Labute approximate surface area is 70.8 Å². The van der Waals surface area contributed by atoms with Crippen molar-refractivity contribution in [3.63, 3.8) is 0 Å². The second-order valence-corrected chi connectivity index (χ2v) is 2.56. The Hall–Kier alpha value is -0.870. The third kappa shape index (κ3) is 2.64. The molecule has 1 heterocycles. The van der Waals surface area contributed by atoms with Crippen LogP contribution in [0.15, 0.2) is 12.7 Å². The maximum Gasteiger partial charge on any atom is 0.330 e. The van der Waals surface area contributed by atoms with Crippen LogP contribution in [0.5, 0.6) is 0 Å². The van der Waals surface area contributed by atoms with Gasteiger partial charge in [0.1, 0.15) is 12.7 Å². The fourth-order valence-corrected chi connectivity index (χ4v) is 0.930. The van der Waals surface area contributed by atoms with Crippen LogP contribution in [0.25, 0.3) is 0 Å². The molecule has 68 valence electrons. The number of hydrogen-bond donors (Lipinski definition) is 1. The summed E-state index contributed by atoms with van der Waals surface area (Å²) in [6.07, 6.45) is 1.76. The van der Waals surface area contributed by atoms with E-state index in [4.69, 9.17) is 14.6 Å². The maximum atomic E-state index is 10.6. The van der Waals surface area contributed by atoms with E-state index in [9.17, 15) is 4.79 Å². The monoisotopic (exact) mass is 172 g/mol. The van der Waals surface area contributed by atoms with E-state index in [1.54, 1.807) is 0 Å². The lowest BCUT2D eigenvalue weighted by molar-refractivity contribution is -0.138. The van der Waals surface area contributed by atoms with Gasteiger partial charge in [-0.3, -0.25) is 0 Å². The number of carbonyl (C=O) groups is 1. The van der Waals surface area contributed by atoms with Crippen LogP contribution in [0.1, 0.15) is 6.42 Å². The first-order valence-electron chi connectivity index (χ1n) is 3.83. The lowest BCUT2D eigenvalue weighted by Crippen LogP contribution is -2.09. The van der Waals surface area contributed by atoms with Crippen molar-refractivity contribution in [1.82, 2.24) is 0 Å². The van der Waals surface area contributed by atoms with Crippen LogP contribution in [0, 0.1) is 0 Å². The molecule has 0 radical (unpaired) electrons. The van der Waals surface area contributed by atoms with Crippen molar-refractivity contribution in [1.29, 1.82) is 0 Å². The molecule has 1 aliphatic rings. The van der Waals surface area contributed by atoms with Gasteiger partial charge in [0, 0.05) is 12.7 Å². The van der Waals surface area contributed by atoms with Crippen molar-refractivity contribution in [2.24, 2.45) is 0 Å². The Morgan fingerprint density at radius 1 is 1.67 bits per heavy atom. The summed E-state index contributed by atoms with van der Waals surface area (Å²) in [5.41, 5.74) is 0. The standard InChI is InChI=1S/C8H12O4/c1-2-8(10)11-5-7-6(12-7)3-4-9/h2,6-7,9H,1,3-5H2. The van der Waals surface area contributed by atoms with Crippen molar-refractivity contribution in [2.75, 3.05) is 13.2 Å². The molecular formula is C8H12O4. The van der Waals surface area contributed by atoms with Gasteiger partial charge in [-0.05, 0) is 6.42 Å². The molecule has 0 aliphatic carbocycles. The lowest BCUT2D eigenvalue weighted by Gasteiger charge is -1.96. The van der Waals surface area contributed by atoms with Crippen molar-refractivity contribution < 1.29 is 19.4 Å². The first-order chi connectivity index (χ1) is 5.77. The van der Waals surface area contributed by atoms with Gasteiger partial charge in [0.15, 0.2) is 0 Å². The summed E-state index contributed by atoms with van der Waals surface area (Å²) in [7, 11) is 0. The van der Waals surface area contributed by atoms with Crippen LogP contribution in [-0.2, 0) is 14.3 Å². The molecule has 0 spiro atoms. The van der Waals surface area contributed by atoms with E-state index in [2.05, 4.69) is 6.58 Å². The molecule has 1 N–H and O–H groups in total. The highest BCUT2D eigenvalue weighted by Crippen LogP contribution is 2.24. The van der Waals surface area contributed by atoms with Crippen LogP contribution < -0.4 is 0 Å². The van der Waals surface area contributed by atoms with Gasteiger partial charge >= 0.3 is 5.97 Å². The largest absolute Gasteiger partial charge is 0.460 e. The van der Waals surface area contributed by atoms with Crippen molar-refractivity contribution in [2.45, 2.75) is 18.6 Å². The Kier molecular flexibility index (Phi) is 3.25. The molecule has 0 aromatic rings. The van der Waals surface area contributed by atoms with Crippen LogP contribution in [0.2, 0.25) is 0 Å². The highest BCUT2D eigenvalue weighted by molar-refractivity contribution is 5.81. The summed E-state index contributed by atoms with van der Waals surface area (Å²) < 4.78 is 9.81. The molecule has 1 rings (SSSR count). The number of aliphatic hydroxyl groups is 1. The molecule has 0 aromatic heterocycles. The first kappa shape index (κ1) is 9.22. The molecule has 12 heavy (non-hydrogen) atoms. The molecule has 4 heteroatoms. The Morgan fingerprint density at radius 2 is 2.42 bits per heavy atom. The number of carbonyl (C=O) groups excluding carboxylic acids is 1. The maximum absolute atomic E-state index is 10.6. The third-order valence-corrected chi connectivity index (χ3v) is 1.66. The Balaban J connectivity index is 2.03. The average Bonchev–Trinajstić information content (AvgIpc) is 2.80. The summed E-state index contributed by atoms with van der Waals surface area (Å²) in [6, 6.07) is 0. The smallest absolute Gasteiger partial charge is 0.330 e. The van der Waals surface area contributed by atoms with Crippen LogP contribution in [0.3, 0.4) is 0 Å². The van der Waals surface area contributed by atoms with Gasteiger partial charge in [-0.25, -0.2) is 4.79 Å². The van der Waals surface area contributed by atoms with E-state index in [0.29, 0.717) is 6.42 Å². The predicted octanol–water partition coefficient (Wildman–Crippen LogP) is -0.135. The van der Waals surface area contributed by atoms with E-state index in [1.807, 2.05) is 0 Å². The van der Waals surface area contributed by atoms with Crippen LogP contribution in [-0.4, -0.2) is 36.5 Å². The average molecular weight is 172 g/mol. The molecule has 0 saturated carbocycles. The van der Waals surface area contributed by atoms with Gasteiger partial charge in [0.25, 0.3) is 0 Å². The number of rotatable bonds is 5. The normalized spacial score (nSPS) is 26.4. The molecule has 0 bridgehead atoms. The Bertz CT molecular complexity index is 178. The van der Waals surface area contributed by atoms with E-state index in [-0.39, 0.29) is 25.4 Å². The number of esters is 1. The third-order valence-electron chi connectivity index (χ3n) is 1.66. The van der Waals surface area contributed by atoms with E-state index in [1.165, 1.54) is 0 Å². The quantitative estimate of drug-likeness (QED) is 0.356. The van der Waals surface area contributed by atoms with Crippen molar-refractivity contribution in [3.05, 3.63) is 12.7 Å². The van der Waals surface area contributed by atoms with Crippen molar-refractivity contribution in [3.8, 4) is 0 Å².